The van der Waals surface area contributed by atoms with E-state index in [1.807, 2.05) is 56.0 Å². The number of urea groups is 1. The Labute approximate surface area is 132 Å². The van der Waals surface area contributed by atoms with Crippen LogP contribution >= 0.6 is 0 Å². The van der Waals surface area contributed by atoms with Crippen molar-refractivity contribution in [3.63, 3.8) is 0 Å². The average molecular weight is 303 g/mol. The fourth-order valence-electron chi connectivity index (χ4n) is 2.65. The van der Waals surface area contributed by atoms with E-state index in [0.29, 0.717) is 25.4 Å². The molecule has 2 N–H and O–H groups in total. The maximum Gasteiger partial charge on any atom is 0.315 e. The van der Waals surface area contributed by atoms with Gasteiger partial charge in [0, 0.05) is 19.5 Å². The molecule has 5 nitrogen and oxygen atoms in total. The van der Waals surface area contributed by atoms with E-state index in [2.05, 4.69) is 10.6 Å². The molecule has 1 aliphatic heterocycles. The van der Waals surface area contributed by atoms with Crippen LogP contribution in [0.3, 0.4) is 0 Å². The fraction of sp³-hybridized carbons (Fsp3) is 0.529. The number of carbonyl (C=O) groups excluding carboxylic acids is 2. The summed E-state index contributed by atoms with van der Waals surface area (Å²) in [4.78, 5) is 25.8. The Morgan fingerprint density at radius 3 is 2.59 bits per heavy atom. The van der Waals surface area contributed by atoms with Gasteiger partial charge in [-0.2, -0.15) is 0 Å². The lowest BCUT2D eigenvalue weighted by Gasteiger charge is -2.25. The monoisotopic (exact) mass is 303 g/mol. The van der Waals surface area contributed by atoms with Gasteiger partial charge in [0.2, 0.25) is 5.91 Å². The summed E-state index contributed by atoms with van der Waals surface area (Å²) in [6.45, 7) is 7.31. The number of rotatable bonds is 5. The zero-order chi connectivity index (χ0) is 16.1. The number of amides is 3. The zero-order valence-electron chi connectivity index (χ0n) is 13.5. The van der Waals surface area contributed by atoms with Crippen LogP contribution in [0, 0.1) is 5.92 Å². The van der Waals surface area contributed by atoms with Gasteiger partial charge >= 0.3 is 6.03 Å². The SMILES string of the molecule is CC(C)CNC(=O)NC1CC(=O)N(C(C)c2ccccc2)C1. The Balaban J connectivity index is 1.89. The first kappa shape index (κ1) is 16.3. The van der Waals surface area contributed by atoms with E-state index < -0.39 is 0 Å². The van der Waals surface area contributed by atoms with Crippen molar-refractivity contribution in [2.24, 2.45) is 5.92 Å². The standard InChI is InChI=1S/C17H25N3O2/c1-12(2)10-18-17(22)19-15-9-16(21)20(11-15)13(3)14-7-5-4-6-8-14/h4-8,12-13,15H,9-11H2,1-3H3,(H2,18,19,22). The molecule has 1 aromatic rings. The maximum absolute atomic E-state index is 12.2. The van der Waals surface area contributed by atoms with Gasteiger partial charge in [-0.25, -0.2) is 4.79 Å². The molecule has 1 saturated heterocycles. The first-order valence-electron chi connectivity index (χ1n) is 7.86. The van der Waals surface area contributed by atoms with E-state index in [1.54, 1.807) is 0 Å². The molecule has 0 radical (unpaired) electrons. The molecule has 0 spiro atoms. The first-order valence-corrected chi connectivity index (χ1v) is 7.86. The Kier molecular flexibility index (Phi) is 5.41. The van der Waals surface area contributed by atoms with Gasteiger partial charge in [0.05, 0.1) is 12.1 Å². The summed E-state index contributed by atoms with van der Waals surface area (Å²) in [5.74, 6) is 0.496. The van der Waals surface area contributed by atoms with E-state index in [1.165, 1.54) is 0 Å². The fourth-order valence-corrected chi connectivity index (χ4v) is 2.65. The molecule has 3 amide bonds. The second-order valence-corrected chi connectivity index (χ2v) is 6.28. The van der Waals surface area contributed by atoms with Crippen molar-refractivity contribution in [1.29, 1.82) is 0 Å². The van der Waals surface area contributed by atoms with Crippen molar-refractivity contribution in [3.8, 4) is 0 Å². The minimum absolute atomic E-state index is 0.0271. The second kappa shape index (κ2) is 7.29. The minimum Gasteiger partial charge on any atom is -0.338 e. The number of nitrogens with one attached hydrogen (secondary N) is 2. The molecule has 0 aromatic heterocycles. The number of hydrogen-bond acceptors (Lipinski definition) is 2. The number of hydrogen-bond donors (Lipinski definition) is 2. The van der Waals surface area contributed by atoms with Crippen molar-refractivity contribution in [2.45, 2.75) is 39.3 Å². The van der Waals surface area contributed by atoms with Crippen molar-refractivity contribution in [3.05, 3.63) is 35.9 Å². The van der Waals surface area contributed by atoms with E-state index in [0.717, 1.165) is 5.56 Å². The lowest BCUT2D eigenvalue weighted by molar-refractivity contribution is -0.129. The van der Waals surface area contributed by atoms with E-state index in [-0.39, 0.29) is 24.0 Å². The predicted molar refractivity (Wildman–Crippen MR) is 86.3 cm³/mol. The van der Waals surface area contributed by atoms with E-state index in [4.69, 9.17) is 0 Å². The molecule has 0 bridgehead atoms. The summed E-state index contributed by atoms with van der Waals surface area (Å²) in [5.41, 5.74) is 1.11. The van der Waals surface area contributed by atoms with Gasteiger partial charge in [0.1, 0.15) is 0 Å². The van der Waals surface area contributed by atoms with Gasteiger partial charge in [-0.1, -0.05) is 44.2 Å². The summed E-state index contributed by atoms with van der Waals surface area (Å²) in [6, 6.07) is 9.67. The lowest BCUT2D eigenvalue weighted by Crippen LogP contribution is -2.44. The van der Waals surface area contributed by atoms with Crippen molar-refractivity contribution >= 4 is 11.9 Å². The second-order valence-electron chi connectivity index (χ2n) is 6.28. The molecule has 2 unspecified atom stereocenters. The Hall–Kier alpha value is -2.04. The molecule has 22 heavy (non-hydrogen) atoms. The number of nitrogens with zero attached hydrogens (tertiary/aromatic N) is 1. The predicted octanol–water partition coefficient (Wildman–Crippen LogP) is 2.30. The summed E-state index contributed by atoms with van der Waals surface area (Å²) in [5, 5.41) is 5.71. The third-order valence-corrected chi connectivity index (χ3v) is 3.91. The van der Waals surface area contributed by atoms with Gasteiger partial charge in [-0.3, -0.25) is 4.79 Å². The van der Waals surface area contributed by atoms with Crippen LogP contribution in [0.4, 0.5) is 4.79 Å². The van der Waals surface area contributed by atoms with Crippen LogP contribution < -0.4 is 10.6 Å². The summed E-state index contributed by atoms with van der Waals surface area (Å²) < 4.78 is 0. The van der Waals surface area contributed by atoms with Crippen LogP contribution in [0.2, 0.25) is 0 Å². The highest BCUT2D eigenvalue weighted by Gasteiger charge is 2.33. The van der Waals surface area contributed by atoms with Gasteiger partial charge in [-0.05, 0) is 18.4 Å². The molecular formula is C17H25N3O2. The quantitative estimate of drug-likeness (QED) is 0.877. The molecule has 5 heteroatoms. The normalized spacial score (nSPS) is 19.4. The number of benzene rings is 1. The highest BCUT2D eigenvalue weighted by molar-refractivity contribution is 5.82. The topological polar surface area (TPSA) is 61.4 Å². The smallest absolute Gasteiger partial charge is 0.315 e. The number of carbonyl (C=O) groups is 2. The van der Waals surface area contributed by atoms with Crippen LogP contribution in [0.5, 0.6) is 0 Å². The highest BCUT2D eigenvalue weighted by Crippen LogP contribution is 2.25. The molecule has 1 fully saturated rings. The molecule has 1 aliphatic rings. The van der Waals surface area contributed by atoms with Crippen LogP contribution in [-0.2, 0) is 4.79 Å². The average Bonchev–Trinajstić information content (AvgIpc) is 2.85. The minimum atomic E-state index is -0.194. The molecular weight excluding hydrogens is 278 g/mol. The molecule has 1 aromatic carbocycles. The lowest BCUT2D eigenvalue weighted by atomic mass is 10.1. The Morgan fingerprint density at radius 1 is 1.27 bits per heavy atom. The van der Waals surface area contributed by atoms with Crippen LogP contribution in [-0.4, -0.2) is 36.0 Å². The Morgan fingerprint density at radius 2 is 1.95 bits per heavy atom. The molecule has 0 aliphatic carbocycles. The summed E-state index contributed by atoms with van der Waals surface area (Å²) in [6.07, 6.45) is 0.367. The van der Waals surface area contributed by atoms with Gasteiger partial charge in [0.25, 0.3) is 0 Å². The van der Waals surface area contributed by atoms with Crippen LogP contribution in [0.25, 0.3) is 0 Å². The van der Waals surface area contributed by atoms with E-state index in [9.17, 15) is 9.59 Å². The van der Waals surface area contributed by atoms with Gasteiger partial charge in [0.15, 0.2) is 0 Å². The Bertz CT molecular complexity index is 516. The molecule has 2 rings (SSSR count). The third kappa shape index (κ3) is 4.23. The number of likely N-dealkylation sites (tertiary alicyclic amines) is 1. The molecule has 120 valence electrons. The third-order valence-electron chi connectivity index (χ3n) is 3.91. The molecule has 2 atom stereocenters. The zero-order valence-corrected chi connectivity index (χ0v) is 13.5. The largest absolute Gasteiger partial charge is 0.338 e. The van der Waals surface area contributed by atoms with Crippen molar-refractivity contribution in [1.82, 2.24) is 15.5 Å². The van der Waals surface area contributed by atoms with Gasteiger partial charge in [-0.15, -0.1) is 0 Å². The first-order chi connectivity index (χ1) is 10.5. The van der Waals surface area contributed by atoms with Crippen LogP contribution in [0.1, 0.15) is 38.8 Å². The van der Waals surface area contributed by atoms with Gasteiger partial charge < -0.3 is 15.5 Å². The van der Waals surface area contributed by atoms with Crippen LogP contribution in [0.15, 0.2) is 30.3 Å². The highest BCUT2D eigenvalue weighted by atomic mass is 16.2. The van der Waals surface area contributed by atoms with E-state index >= 15 is 0 Å². The molecule has 1 heterocycles. The maximum atomic E-state index is 12.2. The van der Waals surface area contributed by atoms with Crippen molar-refractivity contribution in [2.75, 3.05) is 13.1 Å². The summed E-state index contributed by atoms with van der Waals surface area (Å²) in [7, 11) is 0. The van der Waals surface area contributed by atoms with Crippen molar-refractivity contribution < 1.29 is 9.59 Å². The molecule has 0 saturated carbocycles. The summed E-state index contributed by atoms with van der Waals surface area (Å²) >= 11 is 0.